The van der Waals surface area contributed by atoms with E-state index >= 15 is 0 Å². The van der Waals surface area contributed by atoms with E-state index in [1.165, 1.54) is 30.5 Å². The second-order valence-corrected chi connectivity index (χ2v) is 8.39. The molecule has 1 aliphatic rings. The van der Waals surface area contributed by atoms with Gasteiger partial charge in [-0.1, -0.05) is 0 Å². The molecule has 1 saturated carbocycles. The van der Waals surface area contributed by atoms with Crippen molar-refractivity contribution >= 4 is 16.8 Å². The third kappa shape index (κ3) is 3.92. The van der Waals surface area contributed by atoms with E-state index in [0.717, 1.165) is 11.6 Å². The number of rotatable bonds is 5. The molecule has 0 radical (unpaired) electrons. The number of amides is 1. The van der Waals surface area contributed by atoms with Crippen LogP contribution < -0.4 is 10.9 Å². The highest BCUT2D eigenvalue weighted by atomic mass is 19.1. The van der Waals surface area contributed by atoms with Crippen molar-refractivity contribution in [2.45, 2.75) is 18.8 Å². The second-order valence-electron chi connectivity index (χ2n) is 8.39. The van der Waals surface area contributed by atoms with Gasteiger partial charge in [0.2, 0.25) is 0 Å². The average molecular weight is 451 g/mol. The Balaban J connectivity index is 1.38. The van der Waals surface area contributed by atoms with Crippen LogP contribution in [0.3, 0.4) is 0 Å². The minimum atomic E-state index is -0.684. The van der Waals surface area contributed by atoms with E-state index in [4.69, 9.17) is 0 Å². The first kappa shape index (κ1) is 21.1. The second kappa shape index (κ2) is 8.27. The molecule has 33 heavy (non-hydrogen) atoms. The number of aromatic amines is 2. The van der Waals surface area contributed by atoms with E-state index in [0.29, 0.717) is 36.0 Å². The molecule has 1 aliphatic carbocycles. The van der Waals surface area contributed by atoms with Gasteiger partial charge in [0.15, 0.2) is 0 Å². The van der Waals surface area contributed by atoms with Crippen molar-refractivity contribution in [2.75, 3.05) is 6.54 Å². The molecule has 2 aromatic carbocycles. The molecule has 0 bridgehead atoms. The van der Waals surface area contributed by atoms with E-state index in [1.54, 1.807) is 18.2 Å². The predicted octanol–water partition coefficient (Wildman–Crippen LogP) is 4.86. The molecule has 0 atom stereocenters. The van der Waals surface area contributed by atoms with Gasteiger partial charge in [0.1, 0.15) is 23.0 Å². The summed E-state index contributed by atoms with van der Waals surface area (Å²) in [7, 11) is 0. The summed E-state index contributed by atoms with van der Waals surface area (Å²) in [6, 6.07) is 11.0. The zero-order valence-electron chi connectivity index (χ0n) is 17.4. The first-order valence-corrected chi connectivity index (χ1v) is 10.6. The zero-order valence-corrected chi connectivity index (χ0v) is 17.4. The lowest BCUT2D eigenvalue weighted by Gasteiger charge is -2.36. The minimum Gasteiger partial charge on any atom is -0.352 e. The quantitative estimate of drug-likeness (QED) is 0.405. The molecule has 1 fully saturated rings. The Kier molecular flexibility index (Phi) is 5.28. The maximum atomic E-state index is 14.5. The van der Waals surface area contributed by atoms with Crippen LogP contribution in [0.1, 0.15) is 34.7 Å². The van der Waals surface area contributed by atoms with E-state index in [9.17, 15) is 22.8 Å². The number of carbonyl (C=O) groups excluding carboxylic acids is 1. The molecule has 1 amide bonds. The highest BCUT2D eigenvalue weighted by Crippen LogP contribution is 2.48. The fourth-order valence-corrected chi connectivity index (χ4v) is 4.58. The van der Waals surface area contributed by atoms with Gasteiger partial charge in [-0.2, -0.15) is 0 Å². The molecule has 3 N–H and O–H groups in total. The number of hydrogen-bond donors (Lipinski definition) is 3. The molecule has 5 nitrogen and oxygen atoms in total. The van der Waals surface area contributed by atoms with Crippen molar-refractivity contribution in [3.63, 3.8) is 0 Å². The van der Waals surface area contributed by atoms with Gasteiger partial charge in [0.05, 0.1) is 11.2 Å². The first-order chi connectivity index (χ1) is 15.9. The molecular formula is C25H20F3N3O2. The lowest BCUT2D eigenvalue weighted by Crippen LogP contribution is -2.37. The van der Waals surface area contributed by atoms with Crippen LogP contribution >= 0.6 is 0 Å². The van der Waals surface area contributed by atoms with Crippen LogP contribution in [0.25, 0.3) is 22.2 Å². The van der Waals surface area contributed by atoms with Gasteiger partial charge in [-0.25, -0.2) is 13.2 Å². The van der Waals surface area contributed by atoms with Gasteiger partial charge in [-0.3, -0.25) is 9.59 Å². The normalized spacial score (nSPS) is 17.7. The van der Waals surface area contributed by atoms with Crippen LogP contribution in [0.2, 0.25) is 0 Å². The fraction of sp³-hybridized carbons (Fsp3) is 0.200. The Labute approximate surface area is 186 Å². The number of pyridine rings is 1. The number of fused-ring (bicyclic) bond motifs is 1. The Morgan fingerprint density at radius 3 is 2.52 bits per heavy atom. The molecule has 0 unspecified atom stereocenters. The third-order valence-corrected chi connectivity index (χ3v) is 6.26. The summed E-state index contributed by atoms with van der Waals surface area (Å²) in [6.45, 7) is 0.390. The Bertz CT molecular complexity index is 1400. The molecule has 2 heterocycles. The number of halogens is 3. The lowest BCUT2D eigenvalue weighted by molar-refractivity contribution is 0.0933. The van der Waals surface area contributed by atoms with Crippen molar-refractivity contribution in [1.29, 1.82) is 0 Å². The molecule has 5 rings (SSSR count). The van der Waals surface area contributed by atoms with Gasteiger partial charge in [0.25, 0.3) is 11.5 Å². The van der Waals surface area contributed by atoms with Crippen LogP contribution in [0.15, 0.2) is 59.5 Å². The zero-order chi connectivity index (χ0) is 23.1. The maximum absolute atomic E-state index is 14.5. The van der Waals surface area contributed by atoms with E-state index in [-0.39, 0.29) is 28.7 Å². The van der Waals surface area contributed by atoms with Gasteiger partial charge < -0.3 is 15.3 Å². The average Bonchev–Trinajstić information content (AvgIpc) is 3.13. The summed E-state index contributed by atoms with van der Waals surface area (Å²) < 4.78 is 41.9. The molecule has 0 saturated heterocycles. The van der Waals surface area contributed by atoms with Crippen molar-refractivity contribution < 1.29 is 18.0 Å². The summed E-state index contributed by atoms with van der Waals surface area (Å²) in [6.07, 6.45) is 2.86. The Morgan fingerprint density at radius 1 is 1.03 bits per heavy atom. The third-order valence-electron chi connectivity index (χ3n) is 6.26. The number of H-pyrrole nitrogens is 2. The monoisotopic (exact) mass is 451 g/mol. The topological polar surface area (TPSA) is 77.8 Å². The molecule has 0 aliphatic heterocycles. The Morgan fingerprint density at radius 2 is 1.79 bits per heavy atom. The lowest BCUT2D eigenvalue weighted by atomic mass is 9.70. The SMILES string of the molecule is O=C(NC[C@H]1C[C@H](c2c(-c3ccc(F)cc3)[nH]c3c(F)cc(F)cc32)C1)c1ccc[nH]c1=O. The first-order valence-electron chi connectivity index (χ1n) is 10.6. The van der Waals surface area contributed by atoms with Crippen molar-refractivity contribution in [1.82, 2.24) is 15.3 Å². The summed E-state index contributed by atoms with van der Waals surface area (Å²) in [5.74, 6) is -2.00. The molecule has 4 aromatic rings. The van der Waals surface area contributed by atoms with Crippen LogP contribution in [-0.4, -0.2) is 22.4 Å². The highest BCUT2D eigenvalue weighted by Gasteiger charge is 2.35. The van der Waals surface area contributed by atoms with Gasteiger partial charge in [0, 0.05) is 24.2 Å². The van der Waals surface area contributed by atoms with Gasteiger partial charge >= 0.3 is 0 Å². The number of benzene rings is 2. The summed E-state index contributed by atoms with van der Waals surface area (Å²) in [5, 5.41) is 3.25. The minimum absolute atomic E-state index is 0.0158. The number of hydrogen-bond acceptors (Lipinski definition) is 2. The fourth-order valence-electron chi connectivity index (χ4n) is 4.58. The van der Waals surface area contributed by atoms with Crippen LogP contribution in [-0.2, 0) is 0 Å². The van der Waals surface area contributed by atoms with Crippen LogP contribution in [0.4, 0.5) is 13.2 Å². The molecule has 0 spiro atoms. The number of carbonyl (C=O) groups is 1. The summed E-state index contributed by atoms with van der Waals surface area (Å²) in [5.41, 5.74) is 1.92. The predicted molar refractivity (Wildman–Crippen MR) is 118 cm³/mol. The van der Waals surface area contributed by atoms with E-state index in [1.807, 2.05) is 0 Å². The van der Waals surface area contributed by atoms with Crippen LogP contribution in [0, 0.1) is 23.4 Å². The standard InChI is InChI=1S/C25H20F3N3O2/c26-16-5-3-14(4-6-16)22-21(19-10-17(27)11-20(28)23(19)31-22)15-8-13(9-15)12-30-25(33)18-2-1-7-29-24(18)32/h1-7,10-11,13,15,31H,8-9,12H2,(H,29,32)(H,30,33)/t13-,15-. The van der Waals surface area contributed by atoms with Gasteiger partial charge in [-0.15, -0.1) is 0 Å². The molecule has 168 valence electrons. The molecule has 8 heteroatoms. The summed E-state index contributed by atoms with van der Waals surface area (Å²) in [4.78, 5) is 29.6. The van der Waals surface area contributed by atoms with Crippen molar-refractivity contribution in [2.24, 2.45) is 5.92 Å². The van der Waals surface area contributed by atoms with Gasteiger partial charge in [-0.05, 0) is 78.3 Å². The van der Waals surface area contributed by atoms with Crippen molar-refractivity contribution in [3.8, 4) is 11.3 Å². The van der Waals surface area contributed by atoms with E-state index < -0.39 is 23.1 Å². The van der Waals surface area contributed by atoms with Crippen molar-refractivity contribution in [3.05, 3.63) is 93.7 Å². The molecule has 2 aromatic heterocycles. The smallest absolute Gasteiger partial charge is 0.260 e. The van der Waals surface area contributed by atoms with Crippen LogP contribution in [0.5, 0.6) is 0 Å². The highest BCUT2D eigenvalue weighted by molar-refractivity contribution is 5.94. The molecular weight excluding hydrogens is 431 g/mol. The number of aromatic nitrogens is 2. The maximum Gasteiger partial charge on any atom is 0.260 e. The van der Waals surface area contributed by atoms with E-state index in [2.05, 4.69) is 15.3 Å². The summed E-state index contributed by atoms with van der Waals surface area (Å²) >= 11 is 0. The largest absolute Gasteiger partial charge is 0.352 e. The number of nitrogens with one attached hydrogen (secondary N) is 3. The Hall–Kier alpha value is -3.81.